The molecule has 2 aromatic carbocycles. The molecule has 0 radical (unpaired) electrons. The molecule has 0 saturated carbocycles. The molecule has 3 aromatic rings. The molecule has 0 aliphatic rings. The Morgan fingerprint density at radius 2 is 1.88 bits per heavy atom. The number of carbonyl (C=O) groups excluding carboxylic acids is 1. The number of benzene rings is 2. The zero-order valence-electron chi connectivity index (χ0n) is 13.0. The minimum Gasteiger partial charge on any atom is -0.411 e. The summed E-state index contributed by atoms with van der Waals surface area (Å²) in [6, 6.07) is 13.8. The smallest absolute Gasteiger partial charge is 0.299 e. The van der Waals surface area contributed by atoms with Gasteiger partial charge in [-0.15, -0.1) is 0 Å². The van der Waals surface area contributed by atoms with E-state index in [-0.39, 0.29) is 12.4 Å². The second kappa shape index (κ2) is 6.89. The number of carbonyl (C=O) groups is 1. The van der Waals surface area contributed by atoms with Gasteiger partial charge in [0.1, 0.15) is 5.82 Å². The first-order valence-electron chi connectivity index (χ1n) is 7.39. The van der Waals surface area contributed by atoms with Crippen LogP contribution in [0.25, 0.3) is 11.1 Å². The molecule has 5 heteroatoms. The predicted octanol–water partition coefficient (Wildman–Crippen LogP) is 4.84. The van der Waals surface area contributed by atoms with Crippen LogP contribution in [0.2, 0.25) is 5.02 Å². The van der Waals surface area contributed by atoms with Gasteiger partial charge in [0.15, 0.2) is 0 Å². The number of aromatic nitrogens is 1. The Bertz CT molecular complexity index is 872. The molecule has 0 amide bonds. The van der Waals surface area contributed by atoms with E-state index in [1.807, 2.05) is 25.3 Å². The van der Waals surface area contributed by atoms with Crippen LogP contribution in [0.15, 0.2) is 54.7 Å². The van der Waals surface area contributed by atoms with Gasteiger partial charge in [0.25, 0.3) is 6.47 Å². The number of hydrogen-bond donors (Lipinski definition) is 0. The highest BCUT2D eigenvalue weighted by Crippen LogP contribution is 2.36. The number of hydrogen-bond acceptors (Lipinski definition) is 2. The van der Waals surface area contributed by atoms with Gasteiger partial charge in [0, 0.05) is 22.3 Å². The van der Waals surface area contributed by atoms with Gasteiger partial charge >= 0.3 is 0 Å². The standard InChI is InChI=1S/C19H15ClFNO2/c1-13-10-22(11-15-4-2-3-5-17(15)21)19(24-12-23)18(13)14-6-8-16(20)9-7-14/h2-10,12H,11H2,1H3. The lowest BCUT2D eigenvalue weighted by Crippen LogP contribution is -2.04. The van der Waals surface area contributed by atoms with Gasteiger partial charge in [0.2, 0.25) is 5.88 Å². The number of rotatable bonds is 5. The molecule has 0 N–H and O–H groups in total. The Balaban J connectivity index is 2.07. The number of nitrogens with zero attached hydrogens (tertiary/aromatic N) is 1. The second-order valence-electron chi connectivity index (χ2n) is 5.43. The van der Waals surface area contributed by atoms with Crippen LogP contribution < -0.4 is 4.74 Å². The summed E-state index contributed by atoms with van der Waals surface area (Å²) in [6.45, 7) is 2.57. The summed E-state index contributed by atoms with van der Waals surface area (Å²) in [6.07, 6.45) is 1.84. The van der Waals surface area contributed by atoms with Crippen molar-refractivity contribution in [3.05, 3.63) is 76.7 Å². The van der Waals surface area contributed by atoms with Crippen LogP contribution >= 0.6 is 11.6 Å². The molecule has 0 aliphatic carbocycles. The lowest BCUT2D eigenvalue weighted by molar-refractivity contribution is -0.121. The maximum atomic E-state index is 13.9. The zero-order chi connectivity index (χ0) is 17.1. The Kier molecular flexibility index (Phi) is 4.67. The van der Waals surface area contributed by atoms with Gasteiger partial charge in [0.05, 0.1) is 6.54 Å². The highest BCUT2D eigenvalue weighted by molar-refractivity contribution is 6.30. The van der Waals surface area contributed by atoms with Crippen molar-refractivity contribution in [1.29, 1.82) is 0 Å². The molecular weight excluding hydrogens is 329 g/mol. The van der Waals surface area contributed by atoms with Crippen molar-refractivity contribution in [2.45, 2.75) is 13.5 Å². The van der Waals surface area contributed by atoms with Crippen LogP contribution in [-0.4, -0.2) is 11.0 Å². The molecule has 0 unspecified atom stereocenters. The Labute approximate surface area is 144 Å². The SMILES string of the molecule is Cc1cn(Cc2ccccc2F)c(OC=O)c1-c1ccc(Cl)cc1. The van der Waals surface area contributed by atoms with Crippen molar-refractivity contribution in [3.63, 3.8) is 0 Å². The molecule has 0 atom stereocenters. The average Bonchev–Trinajstić information content (AvgIpc) is 2.87. The number of halogens is 2. The van der Waals surface area contributed by atoms with Crippen LogP contribution in [-0.2, 0) is 11.3 Å². The molecule has 1 heterocycles. The van der Waals surface area contributed by atoms with E-state index in [2.05, 4.69) is 0 Å². The van der Waals surface area contributed by atoms with Gasteiger partial charge in [-0.25, -0.2) is 4.39 Å². The minimum absolute atomic E-state index is 0.268. The quantitative estimate of drug-likeness (QED) is 0.621. The topological polar surface area (TPSA) is 31.2 Å². The lowest BCUT2D eigenvalue weighted by atomic mass is 10.1. The fraction of sp³-hybridized carbons (Fsp3) is 0.105. The molecule has 24 heavy (non-hydrogen) atoms. The molecule has 122 valence electrons. The highest BCUT2D eigenvalue weighted by atomic mass is 35.5. The van der Waals surface area contributed by atoms with Gasteiger partial charge < -0.3 is 9.30 Å². The molecule has 0 spiro atoms. The first kappa shape index (κ1) is 16.3. The maximum absolute atomic E-state index is 13.9. The van der Waals surface area contributed by atoms with E-state index < -0.39 is 0 Å². The molecule has 0 saturated heterocycles. The summed E-state index contributed by atoms with van der Waals surface area (Å²) in [5.74, 6) is 0.0852. The predicted molar refractivity (Wildman–Crippen MR) is 91.8 cm³/mol. The molecule has 1 aromatic heterocycles. The van der Waals surface area contributed by atoms with Crippen molar-refractivity contribution in [2.24, 2.45) is 0 Å². The first-order chi connectivity index (χ1) is 11.6. The first-order valence-corrected chi connectivity index (χ1v) is 7.77. The zero-order valence-corrected chi connectivity index (χ0v) is 13.8. The Hall–Kier alpha value is -2.59. The Morgan fingerprint density at radius 1 is 1.17 bits per heavy atom. The average molecular weight is 344 g/mol. The van der Waals surface area contributed by atoms with Crippen molar-refractivity contribution in [2.75, 3.05) is 0 Å². The third kappa shape index (κ3) is 3.19. The van der Waals surface area contributed by atoms with E-state index in [4.69, 9.17) is 16.3 Å². The van der Waals surface area contributed by atoms with E-state index >= 15 is 0 Å². The minimum atomic E-state index is -0.297. The van der Waals surface area contributed by atoms with Crippen LogP contribution in [0.5, 0.6) is 5.88 Å². The normalized spacial score (nSPS) is 10.6. The van der Waals surface area contributed by atoms with Crippen molar-refractivity contribution in [1.82, 2.24) is 4.57 Å². The van der Waals surface area contributed by atoms with Crippen LogP contribution in [0.3, 0.4) is 0 Å². The summed E-state index contributed by atoms with van der Waals surface area (Å²) >= 11 is 5.94. The van der Waals surface area contributed by atoms with Gasteiger partial charge in [-0.2, -0.15) is 0 Å². The molecule has 3 rings (SSSR count). The fourth-order valence-electron chi connectivity index (χ4n) is 2.74. The second-order valence-corrected chi connectivity index (χ2v) is 5.87. The summed E-state index contributed by atoms with van der Waals surface area (Å²) < 4.78 is 20.9. The third-order valence-electron chi connectivity index (χ3n) is 3.81. The van der Waals surface area contributed by atoms with Crippen LogP contribution in [0.4, 0.5) is 4.39 Å². The van der Waals surface area contributed by atoms with Crippen molar-refractivity contribution in [3.8, 4) is 17.0 Å². The van der Waals surface area contributed by atoms with Gasteiger partial charge in [-0.05, 0) is 36.2 Å². The molecule has 3 nitrogen and oxygen atoms in total. The van der Waals surface area contributed by atoms with E-state index in [0.717, 1.165) is 16.7 Å². The molecular formula is C19H15ClFNO2. The summed E-state index contributed by atoms with van der Waals surface area (Å²) in [4.78, 5) is 11.0. The van der Waals surface area contributed by atoms with Crippen LogP contribution in [0.1, 0.15) is 11.1 Å². The van der Waals surface area contributed by atoms with Crippen molar-refractivity contribution < 1.29 is 13.9 Å². The monoisotopic (exact) mass is 343 g/mol. The van der Waals surface area contributed by atoms with E-state index in [9.17, 15) is 9.18 Å². The lowest BCUT2D eigenvalue weighted by Gasteiger charge is -2.10. The summed E-state index contributed by atoms with van der Waals surface area (Å²) in [7, 11) is 0. The number of aryl methyl sites for hydroxylation is 1. The molecule has 0 aliphatic heterocycles. The molecule has 0 bridgehead atoms. The van der Waals surface area contributed by atoms with E-state index in [1.165, 1.54) is 6.07 Å². The summed E-state index contributed by atoms with van der Waals surface area (Å²) in [5, 5.41) is 0.625. The summed E-state index contributed by atoms with van der Waals surface area (Å²) in [5.41, 5.74) is 3.10. The maximum Gasteiger partial charge on any atom is 0.299 e. The third-order valence-corrected chi connectivity index (χ3v) is 4.06. The van der Waals surface area contributed by atoms with Crippen LogP contribution in [0, 0.1) is 12.7 Å². The van der Waals surface area contributed by atoms with Crippen molar-refractivity contribution >= 4 is 18.1 Å². The fourth-order valence-corrected chi connectivity index (χ4v) is 2.86. The van der Waals surface area contributed by atoms with Gasteiger partial charge in [-0.1, -0.05) is 41.9 Å². The van der Waals surface area contributed by atoms with E-state index in [1.54, 1.807) is 34.9 Å². The van der Waals surface area contributed by atoms with Gasteiger partial charge in [-0.3, -0.25) is 4.79 Å². The highest BCUT2D eigenvalue weighted by Gasteiger charge is 2.18. The Morgan fingerprint density at radius 3 is 2.54 bits per heavy atom. The molecule has 0 fully saturated rings. The van der Waals surface area contributed by atoms with E-state index in [0.29, 0.717) is 22.9 Å². The number of ether oxygens (including phenoxy) is 1. The largest absolute Gasteiger partial charge is 0.411 e.